The van der Waals surface area contributed by atoms with Crippen LogP contribution in [0.2, 0.25) is 0 Å². The van der Waals surface area contributed by atoms with Gasteiger partial charge < -0.3 is 5.73 Å². The number of nitrogens with two attached hydrogens (primary N) is 1. The highest BCUT2D eigenvalue weighted by Gasteiger charge is 2.28. The zero-order valence-electron chi connectivity index (χ0n) is 11.6. The number of benzene rings is 1. The van der Waals surface area contributed by atoms with E-state index >= 15 is 0 Å². The lowest BCUT2D eigenvalue weighted by molar-refractivity contribution is -0.133. The van der Waals surface area contributed by atoms with Crippen molar-refractivity contribution in [1.82, 2.24) is 5.01 Å². The molecule has 0 fully saturated rings. The van der Waals surface area contributed by atoms with Gasteiger partial charge >= 0.3 is 0 Å². The van der Waals surface area contributed by atoms with Crippen molar-refractivity contribution in [2.24, 2.45) is 10.8 Å². The summed E-state index contributed by atoms with van der Waals surface area (Å²) in [5, 5.41) is 5.29. The molecule has 21 heavy (non-hydrogen) atoms. The van der Waals surface area contributed by atoms with E-state index in [1.807, 2.05) is 0 Å². The van der Waals surface area contributed by atoms with Crippen LogP contribution in [0.5, 0.6) is 0 Å². The molecule has 4 nitrogen and oxygen atoms in total. The molecule has 1 unspecified atom stereocenters. The number of hydrazone groups is 1. The largest absolute Gasteiger partial charge is 0.327 e. The zero-order chi connectivity index (χ0) is 15.4. The standard InChI is InChI=1S/C15H17F2N3O/c1-10(9-18)2-3-15(21)20-14(4-5-19-20)11-6-12(16)8-13(17)7-11/h5-8,14H,1-4,9,18H2. The summed E-state index contributed by atoms with van der Waals surface area (Å²) in [7, 11) is 0. The fourth-order valence-corrected chi connectivity index (χ4v) is 2.20. The van der Waals surface area contributed by atoms with Gasteiger partial charge in [-0.2, -0.15) is 5.10 Å². The predicted octanol–water partition coefficient (Wildman–Crippen LogP) is 2.52. The molecule has 2 N–H and O–H groups in total. The van der Waals surface area contributed by atoms with Crippen molar-refractivity contribution in [2.75, 3.05) is 6.54 Å². The van der Waals surface area contributed by atoms with Gasteiger partial charge in [-0.25, -0.2) is 13.8 Å². The van der Waals surface area contributed by atoms with Gasteiger partial charge in [-0.15, -0.1) is 0 Å². The third-order valence-corrected chi connectivity index (χ3v) is 3.34. The number of halogens is 2. The molecule has 1 aromatic rings. The quantitative estimate of drug-likeness (QED) is 0.848. The van der Waals surface area contributed by atoms with Crippen LogP contribution in [0.25, 0.3) is 0 Å². The molecule has 0 aliphatic carbocycles. The van der Waals surface area contributed by atoms with E-state index in [-0.39, 0.29) is 12.3 Å². The van der Waals surface area contributed by atoms with E-state index in [0.717, 1.165) is 11.6 Å². The molecule has 6 heteroatoms. The van der Waals surface area contributed by atoms with Crippen molar-refractivity contribution in [3.05, 3.63) is 47.5 Å². The number of carbonyl (C=O) groups excluding carboxylic acids is 1. The Labute approximate surface area is 121 Å². The second-order valence-corrected chi connectivity index (χ2v) is 4.94. The van der Waals surface area contributed by atoms with Gasteiger partial charge in [-0.3, -0.25) is 4.79 Å². The zero-order valence-corrected chi connectivity index (χ0v) is 11.6. The minimum Gasteiger partial charge on any atom is -0.327 e. The number of rotatable bonds is 5. The van der Waals surface area contributed by atoms with Gasteiger partial charge in [0.05, 0.1) is 6.04 Å². The second kappa shape index (κ2) is 6.58. The van der Waals surface area contributed by atoms with Crippen LogP contribution in [0, 0.1) is 11.6 Å². The van der Waals surface area contributed by atoms with Crippen molar-refractivity contribution in [2.45, 2.75) is 25.3 Å². The summed E-state index contributed by atoms with van der Waals surface area (Å²) in [5.41, 5.74) is 6.60. The van der Waals surface area contributed by atoms with Crippen LogP contribution < -0.4 is 5.73 Å². The second-order valence-electron chi connectivity index (χ2n) is 4.94. The molecule has 2 rings (SSSR count). The van der Waals surface area contributed by atoms with Crippen molar-refractivity contribution in [3.63, 3.8) is 0 Å². The van der Waals surface area contributed by atoms with Gasteiger partial charge in [0.2, 0.25) is 5.91 Å². The molecule has 1 atom stereocenters. The van der Waals surface area contributed by atoms with Crippen molar-refractivity contribution in [1.29, 1.82) is 0 Å². The molecule has 1 aromatic carbocycles. The average molecular weight is 293 g/mol. The van der Waals surface area contributed by atoms with Crippen LogP contribution in [0.3, 0.4) is 0 Å². The van der Waals surface area contributed by atoms with Gasteiger partial charge in [-0.05, 0) is 24.1 Å². The van der Waals surface area contributed by atoms with Crippen LogP contribution in [0.1, 0.15) is 30.9 Å². The summed E-state index contributed by atoms with van der Waals surface area (Å²) in [6.45, 7) is 4.07. The molecule has 0 bridgehead atoms. The van der Waals surface area contributed by atoms with Crippen LogP contribution in [0.15, 0.2) is 35.5 Å². The first-order chi connectivity index (χ1) is 10.0. The number of hydrogen-bond donors (Lipinski definition) is 1. The van der Waals surface area contributed by atoms with Crippen molar-refractivity contribution >= 4 is 12.1 Å². The normalized spacial score (nSPS) is 17.3. The van der Waals surface area contributed by atoms with E-state index in [4.69, 9.17) is 5.73 Å². The summed E-state index contributed by atoms with van der Waals surface area (Å²) in [6, 6.07) is 2.79. The van der Waals surface area contributed by atoms with Gasteiger partial charge in [0.25, 0.3) is 0 Å². The molecule has 0 saturated carbocycles. The Morgan fingerprint density at radius 3 is 2.62 bits per heavy atom. The Bertz CT molecular complexity index is 566. The average Bonchev–Trinajstić information content (AvgIpc) is 2.92. The highest BCUT2D eigenvalue weighted by Crippen LogP contribution is 2.30. The first-order valence-electron chi connectivity index (χ1n) is 6.68. The van der Waals surface area contributed by atoms with Gasteiger partial charge in [-0.1, -0.05) is 12.2 Å². The maximum atomic E-state index is 13.3. The Morgan fingerprint density at radius 1 is 1.33 bits per heavy atom. The SMILES string of the molecule is C=C(CN)CCC(=O)N1N=CCC1c1cc(F)cc(F)c1. The van der Waals surface area contributed by atoms with Gasteiger partial charge in [0.1, 0.15) is 11.6 Å². The molecule has 1 amide bonds. The smallest absolute Gasteiger partial charge is 0.243 e. The highest BCUT2D eigenvalue weighted by atomic mass is 19.1. The molecule has 1 aliphatic heterocycles. The van der Waals surface area contributed by atoms with E-state index in [1.165, 1.54) is 17.1 Å². The van der Waals surface area contributed by atoms with Crippen LogP contribution in [0.4, 0.5) is 8.78 Å². The summed E-state index contributed by atoms with van der Waals surface area (Å²) >= 11 is 0. The fraction of sp³-hybridized carbons (Fsp3) is 0.333. The molecule has 0 aromatic heterocycles. The molecule has 0 spiro atoms. The van der Waals surface area contributed by atoms with Crippen LogP contribution in [-0.2, 0) is 4.79 Å². The third kappa shape index (κ3) is 3.72. The van der Waals surface area contributed by atoms with E-state index in [0.29, 0.717) is 24.9 Å². The Balaban J connectivity index is 2.10. The molecule has 0 radical (unpaired) electrons. The number of nitrogens with zero attached hydrogens (tertiary/aromatic N) is 2. The predicted molar refractivity (Wildman–Crippen MR) is 76.5 cm³/mol. The maximum absolute atomic E-state index is 13.3. The summed E-state index contributed by atoms with van der Waals surface area (Å²) in [4.78, 5) is 12.2. The summed E-state index contributed by atoms with van der Waals surface area (Å²) < 4.78 is 26.6. The van der Waals surface area contributed by atoms with E-state index in [1.54, 1.807) is 6.21 Å². The number of carbonyl (C=O) groups is 1. The van der Waals surface area contributed by atoms with Gasteiger partial charge in [0.15, 0.2) is 0 Å². The lowest BCUT2D eigenvalue weighted by Crippen LogP contribution is -2.27. The molecule has 1 heterocycles. The minimum atomic E-state index is -0.666. The lowest BCUT2D eigenvalue weighted by atomic mass is 10.0. The monoisotopic (exact) mass is 293 g/mol. The van der Waals surface area contributed by atoms with E-state index in [2.05, 4.69) is 11.7 Å². The van der Waals surface area contributed by atoms with E-state index in [9.17, 15) is 13.6 Å². The molecular formula is C15H17F2N3O. The number of hydrogen-bond acceptors (Lipinski definition) is 3. The summed E-state index contributed by atoms with van der Waals surface area (Å²) in [5.74, 6) is -1.55. The van der Waals surface area contributed by atoms with Crippen molar-refractivity contribution in [3.8, 4) is 0 Å². The topological polar surface area (TPSA) is 58.7 Å². The summed E-state index contributed by atoms with van der Waals surface area (Å²) in [6.07, 6.45) is 2.71. The fourth-order valence-electron chi connectivity index (χ4n) is 2.20. The lowest BCUT2D eigenvalue weighted by Gasteiger charge is -2.22. The molecule has 1 aliphatic rings. The Kier molecular flexibility index (Phi) is 4.80. The minimum absolute atomic E-state index is 0.215. The molecular weight excluding hydrogens is 276 g/mol. The first-order valence-corrected chi connectivity index (χ1v) is 6.68. The van der Waals surface area contributed by atoms with Crippen LogP contribution >= 0.6 is 0 Å². The first kappa shape index (κ1) is 15.3. The maximum Gasteiger partial charge on any atom is 0.243 e. The molecule has 0 saturated heterocycles. The van der Waals surface area contributed by atoms with Gasteiger partial charge in [0, 0.05) is 31.7 Å². The van der Waals surface area contributed by atoms with E-state index < -0.39 is 17.7 Å². The highest BCUT2D eigenvalue weighted by molar-refractivity contribution is 5.80. The van der Waals surface area contributed by atoms with Crippen molar-refractivity contribution < 1.29 is 13.6 Å². The number of amides is 1. The molecule has 112 valence electrons. The Morgan fingerprint density at radius 2 is 2.00 bits per heavy atom. The Hall–Kier alpha value is -2.08. The van der Waals surface area contributed by atoms with Crippen LogP contribution in [-0.4, -0.2) is 23.7 Å². The third-order valence-electron chi connectivity index (χ3n) is 3.34.